The summed E-state index contributed by atoms with van der Waals surface area (Å²) in [5.41, 5.74) is 14.6. The molecule has 0 saturated heterocycles. The number of hydrogen-bond donors (Lipinski definition) is 3. The number of nitro benzene ring substituents is 1. The number of guanidine groups is 1. The molecule has 9 heteroatoms. The molecular formula is C38H53N5O4. The number of benzene rings is 1. The third-order valence-electron chi connectivity index (χ3n) is 14.7. The highest BCUT2D eigenvalue weighted by Crippen LogP contribution is 2.76. The van der Waals surface area contributed by atoms with Gasteiger partial charge in [0.15, 0.2) is 0 Å². The van der Waals surface area contributed by atoms with Crippen molar-refractivity contribution in [1.82, 2.24) is 0 Å². The Morgan fingerprint density at radius 2 is 1.68 bits per heavy atom. The van der Waals surface area contributed by atoms with Crippen LogP contribution in [0.15, 0.2) is 51.7 Å². The molecule has 6 rings (SSSR count). The molecule has 0 heterocycles. The number of carboxylic acids is 1. The summed E-state index contributed by atoms with van der Waals surface area (Å²) in [4.78, 5) is 24.0. The summed E-state index contributed by atoms with van der Waals surface area (Å²) in [6.07, 6.45) is 11.8. The SMILES string of the molecule is C[C@H]1[C@H](C)CC[C@]2(C(=O)O)CC[C@]3(C)C(=CC[C@@H]4[C@@]5(C)CC(=C\c6ccc([N+](=O)[O-])cc6)/C(=N\N=C(N)N)C(C)(C)[C@@H]5CC[C@]43C)[C@H]12. The van der Waals surface area contributed by atoms with E-state index < -0.39 is 11.4 Å². The molecule has 5 aliphatic rings. The van der Waals surface area contributed by atoms with E-state index in [4.69, 9.17) is 11.5 Å². The number of nitro groups is 1. The van der Waals surface area contributed by atoms with E-state index in [1.165, 1.54) is 17.7 Å². The van der Waals surface area contributed by atoms with Gasteiger partial charge in [0.05, 0.1) is 16.0 Å². The number of carboxylic acid groups (broad SMARTS) is 1. The highest BCUT2D eigenvalue weighted by Gasteiger charge is 2.69. The van der Waals surface area contributed by atoms with Crippen LogP contribution in [0.25, 0.3) is 6.08 Å². The number of nitrogens with zero attached hydrogens (tertiary/aromatic N) is 3. The van der Waals surface area contributed by atoms with Gasteiger partial charge in [0.2, 0.25) is 5.96 Å². The summed E-state index contributed by atoms with van der Waals surface area (Å²) < 4.78 is 0. The van der Waals surface area contributed by atoms with E-state index in [1.54, 1.807) is 12.1 Å². The van der Waals surface area contributed by atoms with E-state index in [0.717, 1.165) is 68.2 Å². The highest BCUT2D eigenvalue weighted by molar-refractivity contribution is 6.08. The van der Waals surface area contributed by atoms with Crippen LogP contribution in [0.5, 0.6) is 0 Å². The molecule has 5 N–H and O–H groups in total. The van der Waals surface area contributed by atoms with E-state index in [2.05, 4.69) is 70.8 Å². The molecule has 4 fully saturated rings. The zero-order valence-corrected chi connectivity index (χ0v) is 29.2. The number of rotatable bonds is 4. The summed E-state index contributed by atoms with van der Waals surface area (Å²) in [5, 5.41) is 30.9. The molecule has 0 amide bonds. The van der Waals surface area contributed by atoms with Gasteiger partial charge in [-0.25, -0.2) is 0 Å². The van der Waals surface area contributed by atoms with Gasteiger partial charge in [0.1, 0.15) is 0 Å². The Morgan fingerprint density at radius 3 is 2.30 bits per heavy atom. The minimum atomic E-state index is -0.661. The molecule has 1 aromatic carbocycles. The number of hydrogen-bond acceptors (Lipinski definition) is 5. The Bertz CT molecular complexity index is 1610. The summed E-state index contributed by atoms with van der Waals surface area (Å²) in [5.74, 6) is 0.913. The van der Waals surface area contributed by atoms with Crippen LogP contribution in [0.4, 0.5) is 5.69 Å². The molecular weight excluding hydrogens is 590 g/mol. The van der Waals surface area contributed by atoms with Crippen LogP contribution in [0.2, 0.25) is 0 Å². The lowest BCUT2D eigenvalue weighted by Crippen LogP contribution is -2.65. The van der Waals surface area contributed by atoms with Crippen molar-refractivity contribution in [3.05, 3.63) is 57.2 Å². The van der Waals surface area contributed by atoms with Gasteiger partial charge in [-0.3, -0.25) is 14.9 Å². The number of nitrogens with two attached hydrogens (primary N) is 2. The summed E-state index contributed by atoms with van der Waals surface area (Å²) >= 11 is 0. The molecule has 0 radical (unpaired) electrons. The highest BCUT2D eigenvalue weighted by atomic mass is 16.6. The van der Waals surface area contributed by atoms with E-state index >= 15 is 0 Å². The molecule has 0 bridgehead atoms. The van der Waals surface area contributed by atoms with Gasteiger partial charge >= 0.3 is 5.97 Å². The largest absolute Gasteiger partial charge is 0.481 e. The molecule has 0 aliphatic heterocycles. The lowest BCUT2D eigenvalue weighted by atomic mass is 9.33. The van der Waals surface area contributed by atoms with Gasteiger partial charge in [-0.15, -0.1) is 5.10 Å². The smallest absolute Gasteiger partial charge is 0.310 e. The zero-order valence-electron chi connectivity index (χ0n) is 29.2. The first-order chi connectivity index (χ1) is 21.9. The topological polar surface area (TPSA) is 157 Å². The molecule has 47 heavy (non-hydrogen) atoms. The van der Waals surface area contributed by atoms with Crippen molar-refractivity contribution in [1.29, 1.82) is 0 Å². The fourth-order valence-electron chi connectivity index (χ4n) is 12.0. The van der Waals surface area contributed by atoms with Crippen LogP contribution in [-0.4, -0.2) is 27.7 Å². The second kappa shape index (κ2) is 11.0. The second-order valence-electron chi connectivity index (χ2n) is 17.0. The van der Waals surface area contributed by atoms with Gasteiger partial charge in [-0.2, -0.15) is 5.10 Å². The van der Waals surface area contributed by atoms with Crippen molar-refractivity contribution >= 4 is 29.4 Å². The summed E-state index contributed by atoms with van der Waals surface area (Å²) in [6, 6.07) is 6.65. The average molecular weight is 644 g/mol. The number of fused-ring (bicyclic) bond motifs is 7. The van der Waals surface area contributed by atoms with Crippen LogP contribution < -0.4 is 11.5 Å². The number of carbonyl (C=O) groups is 1. The first kappa shape index (κ1) is 33.4. The van der Waals surface area contributed by atoms with Crippen LogP contribution in [0, 0.1) is 66.8 Å². The quantitative estimate of drug-likeness (QED) is 0.0993. The molecule has 0 aromatic heterocycles. The Hall–Kier alpha value is -3.49. The maximum atomic E-state index is 13.1. The van der Waals surface area contributed by atoms with Crippen LogP contribution in [0.1, 0.15) is 105 Å². The second-order valence-corrected chi connectivity index (χ2v) is 17.0. The number of non-ortho nitro benzene ring substituents is 1. The van der Waals surface area contributed by atoms with Crippen molar-refractivity contribution in [2.24, 2.45) is 78.3 Å². The molecule has 9 atom stereocenters. The van der Waals surface area contributed by atoms with Crippen molar-refractivity contribution < 1.29 is 14.8 Å². The summed E-state index contributed by atoms with van der Waals surface area (Å²) in [6.45, 7) is 16.6. The molecule has 0 unspecified atom stereocenters. The fraction of sp³-hybridized carbons (Fsp3) is 0.658. The lowest BCUT2D eigenvalue weighted by molar-refractivity contribution is -0.384. The van der Waals surface area contributed by atoms with E-state index in [9.17, 15) is 20.0 Å². The molecule has 4 saturated carbocycles. The minimum Gasteiger partial charge on any atom is -0.481 e. The van der Waals surface area contributed by atoms with Crippen molar-refractivity contribution in [3.63, 3.8) is 0 Å². The van der Waals surface area contributed by atoms with Crippen LogP contribution in [0.3, 0.4) is 0 Å². The molecule has 1 aromatic rings. The van der Waals surface area contributed by atoms with Crippen molar-refractivity contribution in [3.8, 4) is 0 Å². The summed E-state index contributed by atoms with van der Waals surface area (Å²) in [7, 11) is 0. The van der Waals surface area contributed by atoms with Crippen molar-refractivity contribution in [2.75, 3.05) is 0 Å². The van der Waals surface area contributed by atoms with Crippen LogP contribution in [-0.2, 0) is 4.79 Å². The first-order valence-corrected chi connectivity index (χ1v) is 17.5. The Balaban J connectivity index is 1.47. The number of allylic oxidation sites excluding steroid dienone is 3. The lowest BCUT2D eigenvalue weighted by Gasteiger charge is -2.71. The predicted molar refractivity (Wildman–Crippen MR) is 186 cm³/mol. The van der Waals surface area contributed by atoms with Gasteiger partial charge in [-0.05, 0) is 127 Å². The Morgan fingerprint density at radius 1 is 1.00 bits per heavy atom. The first-order valence-electron chi connectivity index (χ1n) is 17.5. The Labute approximate surface area is 279 Å². The van der Waals surface area contributed by atoms with Gasteiger partial charge < -0.3 is 16.6 Å². The third kappa shape index (κ3) is 4.72. The average Bonchev–Trinajstić information content (AvgIpc) is 2.98. The third-order valence-corrected chi connectivity index (χ3v) is 14.7. The molecule has 5 aliphatic carbocycles. The maximum Gasteiger partial charge on any atom is 0.310 e. The monoisotopic (exact) mass is 643 g/mol. The molecule has 254 valence electrons. The van der Waals surface area contributed by atoms with E-state index in [1.807, 2.05) is 0 Å². The van der Waals surface area contributed by atoms with Gasteiger partial charge in [0, 0.05) is 17.5 Å². The van der Waals surface area contributed by atoms with E-state index in [0.29, 0.717) is 23.7 Å². The normalized spacial score (nSPS) is 42.3. The Kier molecular flexibility index (Phi) is 7.84. The molecule has 0 spiro atoms. The fourth-order valence-corrected chi connectivity index (χ4v) is 12.0. The minimum absolute atomic E-state index is 0.00354. The predicted octanol–water partition coefficient (Wildman–Crippen LogP) is 7.96. The standard InChI is InChI=1S/C38H53N5O4/c1-22-14-17-38(32(44)45)19-18-36(6)27(30(38)23(22)2)12-13-29-35(5)21-25(20-24-8-10-26(11-9-24)43(46)47)31(41-42-33(39)40)34(3,4)28(35)15-16-37(29,36)7/h8-12,20,22-23,28-30H,13-19,21H2,1-7H3,(H,44,45)(H4,39,40,42)/b25-20+,41-31+/t22-,23+,28+,29-,30+,35+,36-,37-,38+/m1/s1. The van der Waals surface area contributed by atoms with Gasteiger partial charge in [0.25, 0.3) is 5.69 Å². The molecule has 9 nitrogen and oxygen atoms in total. The van der Waals surface area contributed by atoms with Crippen molar-refractivity contribution in [2.45, 2.75) is 99.8 Å². The van der Waals surface area contributed by atoms with Crippen LogP contribution >= 0.6 is 0 Å². The maximum absolute atomic E-state index is 13.1. The van der Waals surface area contributed by atoms with E-state index in [-0.39, 0.29) is 44.1 Å². The van der Waals surface area contributed by atoms with Gasteiger partial charge in [-0.1, -0.05) is 60.1 Å². The zero-order chi connectivity index (χ0) is 34.3. The number of aliphatic carboxylic acids is 1.